The number of benzene rings is 1. The first kappa shape index (κ1) is 12.4. The van der Waals surface area contributed by atoms with Crippen molar-refractivity contribution in [1.82, 2.24) is 0 Å². The van der Waals surface area contributed by atoms with Crippen molar-refractivity contribution < 1.29 is 14.6 Å². The number of aliphatic hydroxyl groups excluding tert-OH is 1. The van der Waals surface area contributed by atoms with Crippen LogP contribution in [0.5, 0.6) is 5.75 Å². The molecule has 0 bridgehead atoms. The van der Waals surface area contributed by atoms with E-state index in [9.17, 15) is 0 Å². The summed E-state index contributed by atoms with van der Waals surface area (Å²) < 4.78 is 11.3. The van der Waals surface area contributed by atoms with Gasteiger partial charge in [-0.3, -0.25) is 0 Å². The molecule has 0 saturated carbocycles. The van der Waals surface area contributed by atoms with E-state index in [1.54, 1.807) is 0 Å². The fraction of sp³-hybridized carbons (Fsp3) is 0.571. The Morgan fingerprint density at radius 2 is 2.35 bits per heavy atom. The Bertz CT molecular complexity index is 332. The lowest BCUT2D eigenvalue weighted by atomic mass is 10.1. The monoisotopic (exact) mass is 236 g/mol. The van der Waals surface area contributed by atoms with Crippen molar-refractivity contribution >= 4 is 0 Å². The molecule has 3 nitrogen and oxygen atoms in total. The van der Waals surface area contributed by atoms with E-state index in [0.29, 0.717) is 6.61 Å². The number of rotatable bonds is 5. The van der Waals surface area contributed by atoms with Gasteiger partial charge in [-0.05, 0) is 43.4 Å². The highest BCUT2D eigenvalue weighted by Crippen LogP contribution is 2.19. The molecule has 1 fully saturated rings. The van der Waals surface area contributed by atoms with Crippen molar-refractivity contribution in [2.75, 3.05) is 19.8 Å². The summed E-state index contributed by atoms with van der Waals surface area (Å²) in [5.74, 6) is 0.913. The molecular formula is C14H20O3. The average Bonchev–Trinajstić information content (AvgIpc) is 2.38. The van der Waals surface area contributed by atoms with E-state index in [1.807, 2.05) is 12.1 Å². The smallest absolute Gasteiger partial charge is 0.122 e. The van der Waals surface area contributed by atoms with Crippen molar-refractivity contribution in [3.63, 3.8) is 0 Å². The van der Waals surface area contributed by atoms with Gasteiger partial charge in [-0.1, -0.05) is 12.1 Å². The lowest BCUT2D eigenvalue weighted by Crippen LogP contribution is -2.27. The third-order valence-corrected chi connectivity index (χ3v) is 2.94. The van der Waals surface area contributed by atoms with Crippen LogP contribution in [0, 0.1) is 0 Å². The van der Waals surface area contributed by atoms with Crippen molar-refractivity contribution in [3.05, 3.63) is 29.8 Å². The molecule has 3 heteroatoms. The van der Waals surface area contributed by atoms with Crippen LogP contribution in [-0.2, 0) is 11.2 Å². The molecule has 1 N–H and O–H groups in total. The molecule has 0 aromatic heterocycles. The van der Waals surface area contributed by atoms with E-state index in [2.05, 4.69) is 12.1 Å². The van der Waals surface area contributed by atoms with Gasteiger partial charge in [0, 0.05) is 13.2 Å². The van der Waals surface area contributed by atoms with Crippen LogP contribution < -0.4 is 4.74 Å². The van der Waals surface area contributed by atoms with Crippen molar-refractivity contribution in [2.24, 2.45) is 0 Å². The molecular weight excluding hydrogens is 216 g/mol. The Kier molecular flexibility index (Phi) is 4.83. The maximum atomic E-state index is 8.81. The second-order valence-electron chi connectivity index (χ2n) is 4.43. The fourth-order valence-electron chi connectivity index (χ4n) is 2.05. The summed E-state index contributed by atoms with van der Waals surface area (Å²) in [4.78, 5) is 0. The summed E-state index contributed by atoms with van der Waals surface area (Å²) in [5, 5.41) is 8.81. The molecule has 1 unspecified atom stereocenters. The van der Waals surface area contributed by atoms with Gasteiger partial charge in [0.05, 0.1) is 6.61 Å². The van der Waals surface area contributed by atoms with Crippen molar-refractivity contribution in [1.29, 1.82) is 0 Å². The zero-order valence-corrected chi connectivity index (χ0v) is 10.1. The highest BCUT2D eigenvalue weighted by molar-refractivity contribution is 5.28. The number of ether oxygens (including phenoxy) is 2. The highest BCUT2D eigenvalue weighted by atomic mass is 16.5. The molecule has 0 radical (unpaired) electrons. The minimum Gasteiger partial charge on any atom is -0.488 e. The van der Waals surface area contributed by atoms with Gasteiger partial charge in [0.2, 0.25) is 0 Å². The first-order valence-electron chi connectivity index (χ1n) is 6.32. The molecule has 0 amide bonds. The van der Waals surface area contributed by atoms with Crippen molar-refractivity contribution in [3.8, 4) is 5.75 Å². The molecule has 1 atom stereocenters. The molecule has 1 aliphatic rings. The Morgan fingerprint density at radius 3 is 3.12 bits per heavy atom. The minimum atomic E-state index is 0.192. The van der Waals surface area contributed by atoms with E-state index in [-0.39, 0.29) is 12.7 Å². The van der Waals surface area contributed by atoms with Gasteiger partial charge in [-0.2, -0.15) is 0 Å². The van der Waals surface area contributed by atoms with Crippen LogP contribution in [0.2, 0.25) is 0 Å². The van der Waals surface area contributed by atoms with Crippen LogP contribution in [0.4, 0.5) is 0 Å². The zero-order chi connectivity index (χ0) is 11.9. The molecule has 1 saturated heterocycles. The van der Waals surface area contributed by atoms with Crippen LogP contribution in [0.1, 0.15) is 24.8 Å². The molecule has 1 aromatic carbocycles. The number of hydrogen-bond donors (Lipinski definition) is 1. The Hall–Kier alpha value is -1.06. The number of aliphatic hydroxyl groups is 1. The topological polar surface area (TPSA) is 38.7 Å². The van der Waals surface area contributed by atoms with Gasteiger partial charge in [0.15, 0.2) is 0 Å². The molecule has 0 spiro atoms. The lowest BCUT2D eigenvalue weighted by Gasteiger charge is -2.23. The highest BCUT2D eigenvalue weighted by Gasteiger charge is 2.15. The number of hydrogen-bond acceptors (Lipinski definition) is 3. The van der Waals surface area contributed by atoms with Crippen LogP contribution >= 0.6 is 0 Å². The molecule has 1 aliphatic heterocycles. The van der Waals surface area contributed by atoms with Gasteiger partial charge in [-0.25, -0.2) is 0 Å². The van der Waals surface area contributed by atoms with Crippen molar-refractivity contribution in [2.45, 2.75) is 31.8 Å². The zero-order valence-electron chi connectivity index (χ0n) is 10.1. The molecule has 2 rings (SSSR count). The molecule has 1 aromatic rings. The summed E-state index contributed by atoms with van der Waals surface area (Å²) >= 11 is 0. The van der Waals surface area contributed by atoms with Gasteiger partial charge >= 0.3 is 0 Å². The normalized spacial score (nSPS) is 20.2. The van der Waals surface area contributed by atoms with Crippen LogP contribution in [0.3, 0.4) is 0 Å². The Labute approximate surface area is 102 Å². The predicted molar refractivity (Wildman–Crippen MR) is 66.3 cm³/mol. The van der Waals surface area contributed by atoms with E-state index < -0.39 is 0 Å². The van der Waals surface area contributed by atoms with E-state index in [1.165, 1.54) is 5.56 Å². The fourth-order valence-corrected chi connectivity index (χ4v) is 2.05. The Morgan fingerprint density at radius 1 is 1.41 bits per heavy atom. The van der Waals surface area contributed by atoms with E-state index >= 15 is 0 Å². The molecule has 17 heavy (non-hydrogen) atoms. The van der Waals surface area contributed by atoms with E-state index in [4.69, 9.17) is 14.6 Å². The summed E-state index contributed by atoms with van der Waals surface area (Å²) in [6.45, 7) is 1.79. The minimum absolute atomic E-state index is 0.192. The van der Waals surface area contributed by atoms with E-state index in [0.717, 1.165) is 38.0 Å². The SMILES string of the molecule is OCCCc1cccc(OC2CCCOC2)c1. The maximum Gasteiger partial charge on any atom is 0.122 e. The van der Waals surface area contributed by atoms with Crippen LogP contribution in [0.15, 0.2) is 24.3 Å². The largest absolute Gasteiger partial charge is 0.488 e. The van der Waals surface area contributed by atoms with Gasteiger partial charge in [0.1, 0.15) is 11.9 Å². The predicted octanol–water partition coefficient (Wildman–Crippen LogP) is 2.17. The van der Waals surface area contributed by atoms with Crippen LogP contribution in [0.25, 0.3) is 0 Å². The third kappa shape index (κ3) is 4.02. The first-order chi connectivity index (χ1) is 8.38. The second kappa shape index (κ2) is 6.62. The lowest BCUT2D eigenvalue weighted by molar-refractivity contribution is 0.00740. The third-order valence-electron chi connectivity index (χ3n) is 2.94. The Balaban J connectivity index is 1.90. The first-order valence-corrected chi connectivity index (χ1v) is 6.32. The molecule has 0 aliphatic carbocycles. The van der Waals surface area contributed by atoms with Gasteiger partial charge in [-0.15, -0.1) is 0 Å². The standard InChI is InChI=1S/C14H20O3/c15-8-2-5-12-4-1-6-13(10-12)17-14-7-3-9-16-11-14/h1,4,6,10,14-15H,2-3,5,7-9,11H2. The summed E-state index contributed by atoms with van der Waals surface area (Å²) in [6, 6.07) is 8.12. The maximum absolute atomic E-state index is 8.81. The number of aryl methyl sites for hydroxylation is 1. The summed E-state index contributed by atoms with van der Waals surface area (Å²) in [5.41, 5.74) is 1.22. The summed E-state index contributed by atoms with van der Waals surface area (Å²) in [6.07, 6.45) is 4.04. The van der Waals surface area contributed by atoms with Gasteiger partial charge in [0.25, 0.3) is 0 Å². The quantitative estimate of drug-likeness (QED) is 0.851. The second-order valence-corrected chi connectivity index (χ2v) is 4.43. The van der Waals surface area contributed by atoms with Crippen LogP contribution in [-0.4, -0.2) is 31.0 Å². The average molecular weight is 236 g/mol. The molecule has 1 heterocycles. The van der Waals surface area contributed by atoms with Gasteiger partial charge < -0.3 is 14.6 Å². The summed E-state index contributed by atoms with van der Waals surface area (Å²) in [7, 11) is 0. The molecule has 94 valence electrons.